The summed E-state index contributed by atoms with van der Waals surface area (Å²) in [7, 11) is 0. The molecule has 5 rings (SSSR count). The number of nitrogens with one attached hydrogen (secondary N) is 3. The number of carbonyl (C=O) groups excluding carboxylic acids is 1. The molecule has 1 fully saturated rings. The Morgan fingerprint density at radius 1 is 1.03 bits per heavy atom. The molecule has 9 heteroatoms. The van der Waals surface area contributed by atoms with Crippen LogP contribution in [0.2, 0.25) is 0 Å². The van der Waals surface area contributed by atoms with Gasteiger partial charge in [0.25, 0.3) is 5.91 Å². The van der Waals surface area contributed by atoms with Gasteiger partial charge in [0.05, 0.1) is 23.9 Å². The number of nitrogens with two attached hydrogens (primary N) is 1. The van der Waals surface area contributed by atoms with Crippen molar-refractivity contribution in [2.24, 2.45) is 15.8 Å². The highest BCUT2D eigenvalue weighted by molar-refractivity contribution is 6.13. The van der Waals surface area contributed by atoms with Gasteiger partial charge < -0.3 is 21.7 Å². The second-order valence-electron chi connectivity index (χ2n) is 8.99. The number of aliphatic imine (C=N–C) groups is 1. The van der Waals surface area contributed by atoms with Crippen LogP contribution in [0.1, 0.15) is 31.2 Å². The molecule has 178 valence electrons. The quantitative estimate of drug-likeness (QED) is 0.534. The minimum atomic E-state index is -0.585. The van der Waals surface area contributed by atoms with Crippen molar-refractivity contribution in [2.45, 2.75) is 43.8 Å². The Kier molecular flexibility index (Phi) is 6.46. The molecular formula is C26H28N8O. The first-order valence-corrected chi connectivity index (χ1v) is 11.9. The van der Waals surface area contributed by atoms with Crippen molar-refractivity contribution in [1.29, 1.82) is 5.26 Å². The number of hydrogen-bond acceptors (Lipinski definition) is 8. The van der Waals surface area contributed by atoms with Crippen LogP contribution < -0.4 is 21.7 Å². The fraction of sp³-hybridized carbons (Fsp3) is 0.308. The van der Waals surface area contributed by atoms with E-state index in [1.54, 1.807) is 29.3 Å². The zero-order valence-corrected chi connectivity index (χ0v) is 19.3. The molecule has 2 aliphatic heterocycles. The molecule has 1 aliphatic carbocycles. The van der Waals surface area contributed by atoms with Gasteiger partial charge in [-0.15, -0.1) is 0 Å². The largest absolute Gasteiger partial charge is 0.366 e. The Labute approximate surface area is 204 Å². The number of carbonyl (C=O) groups is 1. The van der Waals surface area contributed by atoms with Crippen molar-refractivity contribution in [3.05, 3.63) is 71.9 Å². The number of benzene rings is 2. The highest BCUT2D eigenvalue weighted by Crippen LogP contribution is 2.25. The molecule has 0 spiro atoms. The standard InChI is InChI=1S/C26H28N8O/c27-15-17-6-10-21(11-7-17)32-26(35)23-16-29-25-22(30-19-4-2-1-3-5-19)14-24(33-34(23)25)31-20-12-8-18(28)9-13-20/h1-7,10-11,14,18,20,23,30H,8-9,12-13,16,28H2,(H,31,33)(H,32,35)/t18-,20-,23?. The third-order valence-corrected chi connectivity index (χ3v) is 6.42. The maximum Gasteiger partial charge on any atom is 0.251 e. The molecule has 1 atom stereocenters. The second-order valence-corrected chi connectivity index (χ2v) is 8.99. The van der Waals surface area contributed by atoms with E-state index >= 15 is 0 Å². The van der Waals surface area contributed by atoms with E-state index in [2.05, 4.69) is 27.0 Å². The molecule has 0 bridgehead atoms. The molecule has 9 nitrogen and oxygen atoms in total. The number of rotatable bonds is 5. The highest BCUT2D eigenvalue weighted by Gasteiger charge is 2.38. The van der Waals surface area contributed by atoms with Gasteiger partial charge in [0.15, 0.2) is 11.9 Å². The van der Waals surface area contributed by atoms with Crippen molar-refractivity contribution in [3.8, 4) is 6.07 Å². The molecule has 1 amide bonds. The zero-order chi connectivity index (χ0) is 24.2. The van der Waals surface area contributed by atoms with Crippen LogP contribution in [0.4, 0.5) is 11.4 Å². The third kappa shape index (κ3) is 5.18. The third-order valence-electron chi connectivity index (χ3n) is 6.42. The molecule has 35 heavy (non-hydrogen) atoms. The minimum absolute atomic E-state index is 0.207. The maximum absolute atomic E-state index is 13.2. The van der Waals surface area contributed by atoms with E-state index in [0.29, 0.717) is 29.5 Å². The fourth-order valence-electron chi connectivity index (χ4n) is 4.50. The van der Waals surface area contributed by atoms with Gasteiger partial charge in [-0.2, -0.15) is 10.4 Å². The van der Waals surface area contributed by atoms with Crippen molar-refractivity contribution in [3.63, 3.8) is 0 Å². The van der Waals surface area contributed by atoms with Gasteiger partial charge in [-0.1, -0.05) is 18.2 Å². The summed E-state index contributed by atoms with van der Waals surface area (Å²) in [5.41, 5.74) is 8.95. The van der Waals surface area contributed by atoms with Crippen LogP contribution >= 0.6 is 0 Å². The molecule has 2 heterocycles. The minimum Gasteiger partial charge on any atom is -0.366 e. The van der Waals surface area contributed by atoms with Crippen LogP contribution in [0.5, 0.6) is 0 Å². The highest BCUT2D eigenvalue weighted by atomic mass is 16.2. The molecule has 3 aliphatic rings. The normalized spacial score (nSPS) is 23.3. The van der Waals surface area contributed by atoms with Gasteiger partial charge in [0, 0.05) is 29.5 Å². The molecule has 0 saturated heterocycles. The first-order chi connectivity index (χ1) is 17.1. The first-order valence-electron chi connectivity index (χ1n) is 11.9. The monoisotopic (exact) mass is 468 g/mol. The summed E-state index contributed by atoms with van der Waals surface area (Å²) in [6.45, 7) is 0.292. The average molecular weight is 469 g/mol. The van der Waals surface area contributed by atoms with Gasteiger partial charge in [0.1, 0.15) is 5.84 Å². The molecule has 2 aromatic rings. The smallest absolute Gasteiger partial charge is 0.251 e. The van der Waals surface area contributed by atoms with Gasteiger partial charge in [-0.3, -0.25) is 9.79 Å². The first kappa shape index (κ1) is 22.6. The van der Waals surface area contributed by atoms with E-state index in [1.165, 1.54) is 0 Å². The lowest BCUT2D eigenvalue weighted by Crippen LogP contribution is -2.48. The Hall–Kier alpha value is -4.16. The number of anilines is 2. The number of para-hydroxylation sites is 1. The average Bonchev–Trinajstić information content (AvgIpc) is 3.31. The second kappa shape index (κ2) is 9.99. The summed E-state index contributed by atoms with van der Waals surface area (Å²) in [6.07, 6.45) is 5.89. The van der Waals surface area contributed by atoms with E-state index in [1.807, 2.05) is 36.4 Å². The maximum atomic E-state index is 13.2. The predicted molar refractivity (Wildman–Crippen MR) is 137 cm³/mol. The molecule has 1 unspecified atom stereocenters. The molecule has 0 radical (unpaired) electrons. The zero-order valence-electron chi connectivity index (χ0n) is 19.3. The summed E-state index contributed by atoms with van der Waals surface area (Å²) in [5.74, 6) is 1.12. The molecular weight excluding hydrogens is 440 g/mol. The number of nitrogens with zero attached hydrogens (tertiary/aromatic N) is 4. The van der Waals surface area contributed by atoms with E-state index in [4.69, 9.17) is 16.1 Å². The Balaban J connectivity index is 1.36. The van der Waals surface area contributed by atoms with E-state index in [-0.39, 0.29) is 18.0 Å². The van der Waals surface area contributed by atoms with Crippen molar-refractivity contribution in [2.75, 3.05) is 17.2 Å². The molecule has 5 N–H and O–H groups in total. The van der Waals surface area contributed by atoms with Crippen LogP contribution in [0.15, 0.2) is 76.5 Å². The molecule has 2 aromatic carbocycles. The van der Waals surface area contributed by atoms with Crippen LogP contribution in [-0.2, 0) is 4.79 Å². The topological polar surface area (TPSA) is 131 Å². The summed E-state index contributed by atoms with van der Waals surface area (Å²) in [4.78, 5) is 17.8. The number of hydrogen-bond donors (Lipinski definition) is 4. The Morgan fingerprint density at radius 3 is 2.49 bits per heavy atom. The summed E-state index contributed by atoms with van der Waals surface area (Å²) >= 11 is 0. The van der Waals surface area contributed by atoms with E-state index < -0.39 is 6.04 Å². The van der Waals surface area contributed by atoms with Crippen molar-refractivity contribution in [1.82, 2.24) is 10.3 Å². The lowest BCUT2D eigenvalue weighted by Gasteiger charge is -2.31. The van der Waals surface area contributed by atoms with Crippen molar-refractivity contribution < 1.29 is 4.79 Å². The van der Waals surface area contributed by atoms with Crippen LogP contribution in [-0.4, -0.2) is 47.3 Å². The number of amides is 1. The Bertz CT molecular complexity index is 1200. The fourth-order valence-corrected chi connectivity index (χ4v) is 4.50. The van der Waals surface area contributed by atoms with Gasteiger partial charge in [-0.05, 0) is 62.1 Å². The SMILES string of the molecule is N#Cc1ccc(NC(=O)C2CN=C3C(Nc4ccccc4)=CC(N[C@H]4CC[C@H](N)CC4)=NN32)cc1. The lowest BCUT2D eigenvalue weighted by atomic mass is 9.92. The van der Waals surface area contributed by atoms with Crippen LogP contribution in [0, 0.1) is 11.3 Å². The van der Waals surface area contributed by atoms with Crippen LogP contribution in [0.3, 0.4) is 0 Å². The van der Waals surface area contributed by atoms with E-state index in [0.717, 1.165) is 37.1 Å². The van der Waals surface area contributed by atoms with Gasteiger partial charge in [-0.25, -0.2) is 5.01 Å². The van der Waals surface area contributed by atoms with Crippen molar-refractivity contribution >= 4 is 29.0 Å². The summed E-state index contributed by atoms with van der Waals surface area (Å²) in [5, 5.41) is 25.4. The lowest BCUT2D eigenvalue weighted by molar-refractivity contribution is -0.119. The Morgan fingerprint density at radius 2 is 1.77 bits per heavy atom. The summed E-state index contributed by atoms with van der Waals surface area (Å²) in [6, 6.07) is 18.7. The number of fused-ring (bicyclic) bond motifs is 1. The number of nitriles is 1. The predicted octanol–water partition coefficient (Wildman–Crippen LogP) is 2.76. The molecule has 0 aromatic heterocycles. The number of hydrazone groups is 1. The summed E-state index contributed by atoms with van der Waals surface area (Å²) < 4.78 is 0. The van der Waals surface area contributed by atoms with Gasteiger partial charge in [0.2, 0.25) is 0 Å². The number of amidine groups is 2. The van der Waals surface area contributed by atoms with E-state index in [9.17, 15) is 4.79 Å². The molecule has 1 saturated carbocycles. The van der Waals surface area contributed by atoms with Crippen LogP contribution in [0.25, 0.3) is 0 Å². The van der Waals surface area contributed by atoms with Gasteiger partial charge >= 0.3 is 0 Å².